The van der Waals surface area contributed by atoms with Crippen LogP contribution in [0, 0.1) is 0 Å². The largest absolute Gasteiger partial charge is 0.476 e. The second-order valence-electron chi connectivity index (χ2n) is 14.6. The van der Waals surface area contributed by atoms with Gasteiger partial charge in [0, 0.05) is 22.6 Å². The van der Waals surface area contributed by atoms with Gasteiger partial charge in [-0.05, 0) is 23.7 Å². The summed E-state index contributed by atoms with van der Waals surface area (Å²) in [5.74, 6) is 0.492. The molecule has 0 amide bonds. The predicted octanol–water partition coefficient (Wildman–Crippen LogP) is 7.25. The number of nitrogens with zero attached hydrogens (tertiary/aromatic N) is 4. The van der Waals surface area contributed by atoms with Crippen molar-refractivity contribution in [2.75, 3.05) is 13.2 Å². The maximum absolute atomic E-state index is 7.17. The van der Waals surface area contributed by atoms with E-state index in [4.69, 9.17) is 23.1 Å². The molecule has 4 atom stereocenters. The SMILES string of the molecule is CC(C)(C)[Si]1(C(C)(C)C)OC[C@H]2O[C@@H](n3cnc4c(OCC[Si](C)(C)C)ncnc43)[C@H](OCc3ccc(Br)cc3)[C@@H]2O1. The van der Waals surface area contributed by atoms with Crippen LogP contribution in [0.25, 0.3) is 11.2 Å². The normalized spacial score (nSPS) is 24.6. The van der Waals surface area contributed by atoms with E-state index in [9.17, 15) is 0 Å². The van der Waals surface area contributed by atoms with Gasteiger partial charge in [-0.25, -0.2) is 9.97 Å². The van der Waals surface area contributed by atoms with Gasteiger partial charge >= 0.3 is 8.56 Å². The highest BCUT2D eigenvalue weighted by Crippen LogP contribution is 2.56. The van der Waals surface area contributed by atoms with E-state index in [-0.39, 0.29) is 22.3 Å². The zero-order valence-corrected chi connectivity index (χ0v) is 29.9. The summed E-state index contributed by atoms with van der Waals surface area (Å²) >= 11 is 3.53. The van der Waals surface area contributed by atoms with E-state index >= 15 is 0 Å². The summed E-state index contributed by atoms with van der Waals surface area (Å²) in [6.45, 7) is 21.8. The first-order chi connectivity index (χ1) is 19.6. The molecule has 12 heteroatoms. The second kappa shape index (κ2) is 11.7. The highest BCUT2D eigenvalue weighted by molar-refractivity contribution is 9.10. The van der Waals surface area contributed by atoms with Gasteiger partial charge in [-0.1, -0.05) is 89.2 Å². The molecule has 0 N–H and O–H groups in total. The first-order valence-corrected chi connectivity index (χ1v) is 21.0. The number of aromatic nitrogens is 4. The molecule has 5 rings (SSSR count). The lowest BCUT2D eigenvalue weighted by atomic mass is 10.1. The number of fused-ring (bicyclic) bond motifs is 2. The van der Waals surface area contributed by atoms with Crippen molar-refractivity contribution in [3.8, 4) is 5.88 Å². The van der Waals surface area contributed by atoms with Crippen molar-refractivity contribution in [2.24, 2.45) is 0 Å². The number of halogens is 1. The van der Waals surface area contributed by atoms with E-state index in [1.807, 2.05) is 16.7 Å². The fourth-order valence-electron chi connectivity index (χ4n) is 6.07. The molecular formula is C30H45BrN4O5Si2. The molecule has 0 aliphatic carbocycles. The fourth-order valence-corrected chi connectivity index (χ4v) is 12.0. The van der Waals surface area contributed by atoms with Crippen LogP contribution < -0.4 is 4.74 Å². The zero-order valence-electron chi connectivity index (χ0n) is 26.3. The van der Waals surface area contributed by atoms with Gasteiger partial charge in [0.15, 0.2) is 17.4 Å². The van der Waals surface area contributed by atoms with E-state index in [1.165, 1.54) is 6.33 Å². The van der Waals surface area contributed by atoms with Crippen LogP contribution >= 0.6 is 15.9 Å². The molecule has 3 aromatic rings. The number of hydrogen-bond acceptors (Lipinski definition) is 8. The molecule has 0 bridgehead atoms. The number of hydrogen-bond donors (Lipinski definition) is 0. The maximum atomic E-state index is 7.17. The molecule has 1 aromatic carbocycles. The van der Waals surface area contributed by atoms with Crippen LogP contribution in [-0.2, 0) is 24.9 Å². The summed E-state index contributed by atoms with van der Waals surface area (Å²) in [5.41, 5.74) is 2.33. The van der Waals surface area contributed by atoms with Gasteiger partial charge < -0.3 is 23.1 Å². The molecule has 2 fully saturated rings. The Morgan fingerprint density at radius 1 is 1.02 bits per heavy atom. The Morgan fingerprint density at radius 2 is 1.71 bits per heavy atom. The lowest BCUT2D eigenvalue weighted by Crippen LogP contribution is -2.65. The predicted molar refractivity (Wildman–Crippen MR) is 172 cm³/mol. The van der Waals surface area contributed by atoms with Crippen LogP contribution in [0.3, 0.4) is 0 Å². The first-order valence-electron chi connectivity index (χ1n) is 14.7. The molecule has 230 valence electrons. The van der Waals surface area contributed by atoms with Gasteiger partial charge in [-0.2, -0.15) is 4.98 Å². The van der Waals surface area contributed by atoms with Gasteiger partial charge in [0.1, 0.15) is 24.6 Å². The highest BCUT2D eigenvalue weighted by atomic mass is 79.9. The standard InChI is InChI=1S/C30H45BrN4O5Si2/c1-29(2,3)42(30(4,5)6)38-17-22-24(40-42)25(37-16-20-10-12-21(31)13-11-20)28(39-22)35-19-34-23-26(35)32-18-33-27(23)36-14-15-41(7,8)9/h10-13,18-19,22,24-25,28H,14-17H2,1-9H3/t22-,24-,25-,28-/m1/s1. The summed E-state index contributed by atoms with van der Waals surface area (Å²) in [6, 6.07) is 9.20. The van der Waals surface area contributed by atoms with Crippen LogP contribution in [0.15, 0.2) is 41.4 Å². The topological polar surface area (TPSA) is 89.8 Å². The van der Waals surface area contributed by atoms with Crippen LogP contribution in [0.2, 0.25) is 35.8 Å². The molecule has 4 heterocycles. The average Bonchev–Trinajstić information content (AvgIpc) is 3.47. The Labute approximate surface area is 260 Å². The Hall–Kier alpha value is -1.68. The Kier molecular flexibility index (Phi) is 8.83. The van der Waals surface area contributed by atoms with Crippen molar-refractivity contribution in [3.63, 3.8) is 0 Å². The van der Waals surface area contributed by atoms with Crippen molar-refractivity contribution in [3.05, 3.63) is 47.0 Å². The molecule has 0 radical (unpaired) electrons. The molecule has 2 aliphatic heterocycles. The number of ether oxygens (including phenoxy) is 3. The molecule has 9 nitrogen and oxygen atoms in total. The number of benzene rings is 1. The van der Waals surface area contributed by atoms with Crippen molar-refractivity contribution >= 4 is 43.7 Å². The molecule has 2 aromatic heterocycles. The third-order valence-electron chi connectivity index (χ3n) is 8.06. The lowest BCUT2D eigenvalue weighted by Gasteiger charge is -2.53. The van der Waals surface area contributed by atoms with Crippen LogP contribution in [-0.4, -0.2) is 67.7 Å². The maximum Gasteiger partial charge on any atom is 0.349 e. The highest BCUT2D eigenvalue weighted by Gasteiger charge is 2.65. The zero-order chi connectivity index (χ0) is 30.5. The van der Waals surface area contributed by atoms with E-state index in [0.717, 1.165) is 16.1 Å². The number of imidazole rings is 1. The average molecular weight is 678 g/mol. The summed E-state index contributed by atoms with van der Waals surface area (Å²) in [4.78, 5) is 13.7. The van der Waals surface area contributed by atoms with Gasteiger partial charge in [0.25, 0.3) is 0 Å². The van der Waals surface area contributed by atoms with E-state index < -0.39 is 29.0 Å². The third-order valence-corrected chi connectivity index (χ3v) is 15.4. The fraction of sp³-hybridized carbons (Fsp3) is 0.633. The van der Waals surface area contributed by atoms with E-state index in [2.05, 4.69) is 104 Å². The summed E-state index contributed by atoms with van der Waals surface area (Å²) in [7, 11) is -4.03. The molecule has 2 aliphatic rings. The second-order valence-corrected chi connectivity index (χ2v) is 25.9. The van der Waals surface area contributed by atoms with E-state index in [1.54, 1.807) is 6.33 Å². The van der Waals surface area contributed by atoms with Crippen LogP contribution in [0.4, 0.5) is 0 Å². The summed E-state index contributed by atoms with van der Waals surface area (Å²) in [6.07, 6.45) is 1.75. The van der Waals surface area contributed by atoms with Crippen molar-refractivity contribution in [2.45, 2.75) is 108 Å². The van der Waals surface area contributed by atoms with Crippen LogP contribution in [0.1, 0.15) is 53.3 Å². The van der Waals surface area contributed by atoms with Gasteiger partial charge in [0.05, 0.1) is 26.1 Å². The lowest BCUT2D eigenvalue weighted by molar-refractivity contribution is -0.0807. The van der Waals surface area contributed by atoms with Crippen molar-refractivity contribution in [1.82, 2.24) is 19.5 Å². The van der Waals surface area contributed by atoms with Crippen molar-refractivity contribution in [1.29, 1.82) is 0 Å². The molecule has 0 unspecified atom stereocenters. The smallest absolute Gasteiger partial charge is 0.349 e. The van der Waals surface area contributed by atoms with Crippen LogP contribution in [0.5, 0.6) is 5.88 Å². The Morgan fingerprint density at radius 3 is 2.36 bits per heavy atom. The quantitative estimate of drug-likeness (QED) is 0.231. The summed E-state index contributed by atoms with van der Waals surface area (Å²) < 4.78 is 36.4. The Bertz CT molecular complexity index is 1370. The molecule has 0 saturated carbocycles. The van der Waals surface area contributed by atoms with Gasteiger partial charge in [0.2, 0.25) is 5.88 Å². The third kappa shape index (κ3) is 6.26. The van der Waals surface area contributed by atoms with Gasteiger partial charge in [-0.15, -0.1) is 0 Å². The number of rotatable bonds is 8. The first kappa shape index (κ1) is 31.7. The minimum absolute atomic E-state index is 0.165. The monoisotopic (exact) mass is 676 g/mol. The minimum atomic E-state index is -2.77. The van der Waals surface area contributed by atoms with Crippen molar-refractivity contribution < 1.29 is 23.1 Å². The molecule has 42 heavy (non-hydrogen) atoms. The molecular weight excluding hydrogens is 632 g/mol. The van der Waals surface area contributed by atoms with Gasteiger partial charge in [-0.3, -0.25) is 4.57 Å². The summed E-state index contributed by atoms with van der Waals surface area (Å²) in [5, 5.41) is -0.330. The Balaban J connectivity index is 1.49. The van der Waals surface area contributed by atoms with E-state index in [0.29, 0.717) is 36.9 Å². The minimum Gasteiger partial charge on any atom is -0.476 e. The molecule has 0 spiro atoms. The molecule has 2 saturated heterocycles.